The summed E-state index contributed by atoms with van der Waals surface area (Å²) >= 11 is 1.43. The summed E-state index contributed by atoms with van der Waals surface area (Å²) in [5, 5.41) is 3.25. The molecule has 2 unspecified atom stereocenters. The normalized spacial score (nSPS) is 15.0. The van der Waals surface area contributed by atoms with Gasteiger partial charge in [0.15, 0.2) is 19.7 Å². The first-order chi connectivity index (χ1) is 13.1. The molecule has 0 heterocycles. The Bertz CT molecular complexity index is 891. The SMILES string of the molecule is CSCC(C)S(=O)(=O)/C=C/NC(=O)CCC(C)S(=O)(=O)/C=C/c1ccccc1. The molecule has 1 aromatic rings. The third-order valence-electron chi connectivity index (χ3n) is 4.05. The monoisotopic (exact) mass is 445 g/mol. The van der Waals surface area contributed by atoms with E-state index in [1.807, 2.05) is 24.5 Å². The Balaban J connectivity index is 2.53. The maximum atomic E-state index is 12.3. The van der Waals surface area contributed by atoms with Crippen molar-refractivity contribution in [1.29, 1.82) is 0 Å². The molecule has 0 aliphatic rings. The summed E-state index contributed by atoms with van der Waals surface area (Å²) in [5.41, 5.74) is 0.776. The van der Waals surface area contributed by atoms with Crippen LogP contribution in [0, 0.1) is 0 Å². The number of carbonyl (C=O) groups excluding carboxylic acids is 1. The van der Waals surface area contributed by atoms with Crippen molar-refractivity contribution >= 4 is 43.4 Å². The Morgan fingerprint density at radius 3 is 2.25 bits per heavy atom. The molecule has 0 spiro atoms. The molecule has 1 rings (SSSR count). The van der Waals surface area contributed by atoms with E-state index in [1.165, 1.54) is 17.8 Å². The highest BCUT2D eigenvalue weighted by atomic mass is 32.2. The highest BCUT2D eigenvalue weighted by Crippen LogP contribution is 2.13. The average Bonchev–Trinajstić information content (AvgIpc) is 2.65. The number of benzene rings is 1. The molecule has 1 aromatic carbocycles. The van der Waals surface area contributed by atoms with Gasteiger partial charge in [0.05, 0.1) is 10.5 Å². The molecule has 0 aliphatic carbocycles. The Morgan fingerprint density at radius 2 is 1.64 bits per heavy atom. The molecule has 9 heteroatoms. The number of thioether (sulfide) groups is 1. The predicted molar refractivity (Wildman–Crippen MR) is 117 cm³/mol. The first kappa shape index (κ1) is 24.5. The lowest BCUT2D eigenvalue weighted by atomic mass is 10.2. The number of hydrogen-bond acceptors (Lipinski definition) is 6. The first-order valence-corrected chi connectivity index (χ1v) is 13.4. The second-order valence-electron chi connectivity index (χ2n) is 6.38. The van der Waals surface area contributed by atoms with Crippen molar-refractivity contribution in [3.05, 3.63) is 52.9 Å². The summed E-state index contributed by atoms with van der Waals surface area (Å²) in [4.78, 5) is 11.9. The highest BCUT2D eigenvalue weighted by Gasteiger charge is 2.19. The Labute approximate surface area is 172 Å². The van der Waals surface area contributed by atoms with Crippen LogP contribution in [0.1, 0.15) is 32.3 Å². The molecule has 0 aromatic heterocycles. The maximum absolute atomic E-state index is 12.3. The van der Waals surface area contributed by atoms with Gasteiger partial charge in [0.25, 0.3) is 0 Å². The van der Waals surface area contributed by atoms with E-state index in [9.17, 15) is 21.6 Å². The molecule has 156 valence electrons. The van der Waals surface area contributed by atoms with Gasteiger partial charge in [-0.25, -0.2) is 16.8 Å². The molecule has 0 fully saturated rings. The molecule has 0 aliphatic heterocycles. The molecular formula is C19H27NO5S3. The van der Waals surface area contributed by atoms with E-state index in [2.05, 4.69) is 5.32 Å². The molecule has 0 radical (unpaired) electrons. The largest absolute Gasteiger partial charge is 0.332 e. The molecule has 1 N–H and O–H groups in total. The predicted octanol–water partition coefficient (Wildman–Crippen LogP) is 2.99. The van der Waals surface area contributed by atoms with Gasteiger partial charge in [0.1, 0.15) is 0 Å². The van der Waals surface area contributed by atoms with Crippen LogP contribution in [0.2, 0.25) is 0 Å². The van der Waals surface area contributed by atoms with E-state index in [0.29, 0.717) is 5.75 Å². The summed E-state index contributed by atoms with van der Waals surface area (Å²) in [6.45, 7) is 3.15. The van der Waals surface area contributed by atoms with Crippen LogP contribution in [0.5, 0.6) is 0 Å². The summed E-state index contributed by atoms with van der Waals surface area (Å²) in [6, 6.07) is 9.07. The Kier molecular flexibility index (Phi) is 9.98. The van der Waals surface area contributed by atoms with Crippen LogP contribution in [0.4, 0.5) is 0 Å². The lowest BCUT2D eigenvalue weighted by molar-refractivity contribution is -0.120. The highest BCUT2D eigenvalue weighted by molar-refractivity contribution is 8.00. The fraction of sp³-hybridized carbons (Fsp3) is 0.421. The van der Waals surface area contributed by atoms with Gasteiger partial charge in [-0.05, 0) is 38.2 Å². The number of sulfone groups is 2. The van der Waals surface area contributed by atoms with Crippen LogP contribution in [0.15, 0.2) is 47.3 Å². The summed E-state index contributed by atoms with van der Waals surface area (Å²) < 4.78 is 48.5. The minimum absolute atomic E-state index is 0.0235. The smallest absolute Gasteiger partial charge is 0.223 e. The Hall–Kier alpha value is -1.58. The van der Waals surface area contributed by atoms with Crippen molar-refractivity contribution in [1.82, 2.24) is 5.32 Å². The average molecular weight is 446 g/mol. The standard InChI is InChI=1S/C19H27NO5S3/c1-16(27(22,23)13-11-18-7-5-4-6-8-18)9-10-19(21)20-12-14-28(24,25)17(2)15-26-3/h4-8,11-14,16-17H,9-10,15H2,1-3H3,(H,20,21)/b13-11+,14-12+. The summed E-state index contributed by atoms with van der Waals surface area (Å²) in [5.74, 6) is 0.0324. The van der Waals surface area contributed by atoms with Gasteiger partial charge in [-0.3, -0.25) is 4.79 Å². The van der Waals surface area contributed by atoms with Crippen LogP contribution in [0.3, 0.4) is 0 Å². The van der Waals surface area contributed by atoms with Crippen LogP contribution in [0.25, 0.3) is 6.08 Å². The number of carbonyl (C=O) groups is 1. The molecule has 0 saturated heterocycles. The number of hydrogen-bond donors (Lipinski definition) is 1. The van der Waals surface area contributed by atoms with E-state index >= 15 is 0 Å². The van der Waals surface area contributed by atoms with Gasteiger partial charge in [0, 0.05) is 29.2 Å². The van der Waals surface area contributed by atoms with Gasteiger partial charge in [-0.15, -0.1) is 0 Å². The van der Waals surface area contributed by atoms with E-state index in [1.54, 1.807) is 26.0 Å². The molecule has 6 nitrogen and oxygen atoms in total. The minimum atomic E-state index is -3.49. The van der Waals surface area contributed by atoms with Crippen molar-refractivity contribution in [2.24, 2.45) is 0 Å². The first-order valence-electron chi connectivity index (χ1n) is 8.74. The minimum Gasteiger partial charge on any atom is -0.332 e. The van der Waals surface area contributed by atoms with Gasteiger partial charge in [-0.2, -0.15) is 11.8 Å². The van der Waals surface area contributed by atoms with E-state index in [4.69, 9.17) is 0 Å². The second-order valence-corrected chi connectivity index (χ2v) is 11.8. The fourth-order valence-electron chi connectivity index (χ4n) is 2.13. The molecule has 28 heavy (non-hydrogen) atoms. The molecular weight excluding hydrogens is 418 g/mol. The van der Waals surface area contributed by atoms with Crippen molar-refractivity contribution < 1.29 is 21.6 Å². The lowest BCUT2D eigenvalue weighted by Gasteiger charge is -2.09. The third kappa shape index (κ3) is 8.62. The van der Waals surface area contributed by atoms with E-state index in [0.717, 1.165) is 22.6 Å². The van der Waals surface area contributed by atoms with Crippen LogP contribution < -0.4 is 5.32 Å². The van der Waals surface area contributed by atoms with Gasteiger partial charge in [0.2, 0.25) is 5.91 Å². The fourth-order valence-corrected chi connectivity index (χ4v) is 5.35. The van der Waals surface area contributed by atoms with Crippen molar-refractivity contribution in [2.45, 2.75) is 37.2 Å². The van der Waals surface area contributed by atoms with Gasteiger partial charge < -0.3 is 5.32 Å². The number of nitrogens with one attached hydrogen (secondary N) is 1. The van der Waals surface area contributed by atoms with Crippen molar-refractivity contribution in [3.8, 4) is 0 Å². The van der Waals surface area contributed by atoms with Crippen LogP contribution >= 0.6 is 11.8 Å². The van der Waals surface area contributed by atoms with Crippen molar-refractivity contribution in [2.75, 3.05) is 12.0 Å². The van der Waals surface area contributed by atoms with E-state index < -0.39 is 36.1 Å². The molecule has 0 saturated carbocycles. The van der Waals surface area contributed by atoms with Crippen LogP contribution in [-0.4, -0.2) is 45.3 Å². The molecule has 1 amide bonds. The zero-order valence-corrected chi connectivity index (χ0v) is 18.7. The van der Waals surface area contributed by atoms with Gasteiger partial charge in [-0.1, -0.05) is 30.3 Å². The second kappa shape index (κ2) is 11.4. The molecule has 0 bridgehead atoms. The van der Waals surface area contributed by atoms with Crippen LogP contribution in [-0.2, 0) is 24.5 Å². The maximum Gasteiger partial charge on any atom is 0.223 e. The third-order valence-corrected chi connectivity index (χ3v) is 8.77. The number of rotatable bonds is 11. The summed E-state index contributed by atoms with van der Waals surface area (Å²) in [7, 11) is -6.92. The Morgan fingerprint density at radius 1 is 1.04 bits per heavy atom. The zero-order chi connectivity index (χ0) is 21.2. The zero-order valence-electron chi connectivity index (χ0n) is 16.2. The topological polar surface area (TPSA) is 97.4 Å². The molecule has 2 atom stereocenters. The van der Waals surface area contributed by atoms with Crippen molar-refractivity contribution in [3.63, 3.8) is 0 Å². The van der Waals surface area contributed by atoms with Gasteiger partial charge >= 0.3 is 0 Å². The van der Waals surface area contributed by atoms with E-state index in [-0.39, 0.29) is 12.8 Å². The summed E-state index contributed by atoms with van der Waals surface area (Å²) in [6.07, 6.45) is 4.56. The lowest BCUT2D eigenvalue weighted by Crippen LogP contribution is -2.23. The number of amides is 1. The quantitative estimate of drug-likeness (QED) is 0.562.